The molecule has 3 aromatic carbocycles. The number of aromatic nitrogens is 2. The standard InChI is InChI=1S/C27H26N2O14P2/c30-22-12-13-29(26(32)28-22)25-23(31)24(42-27(33)40-20-8-2-1-3-9-20)21(41-25)16-39-45(36,37)43-44(34,35)38-15-17-10-11-18-6-4-5-7-19(18)14-17/h1-14,21,23-25,31H,15-16H2,(H,34,35)(H,36,37)(H,28,30,32)/t21-,23+,24?,25-/m1/s1. The Kier molecular flexibility index (Phi) is 9.79. The molecule has 4 N–H and O–H groups in total. The number of phosphoric acid groups is 2. The summed E-state index contributed by atoms with van der Waals surface area (Å²) >= 11 is 0. The molecule has 0 spiro atoms. The van der Waals surface area contributed by atoms with Crippen LogP contribution in [-0.4, -0.2) is 55.5 Å². The zero-order chi connectivity index (χ0) is 32.2. The number of carbonyl (C=O) groups is 1. The van der Waals surface area contributed by atoms with Gasteiger partial charge in [0.25, 0.3) is 5.56 Å². The van der Waals surface area contributed by atoms with E-state index in [-0.39, 0.29) is 5.75 Å². The molecule has 0 amide bonds. The molecule has 4 aromatic rings. The largest absolute Gasteiger partial charge is 0.514 e. The minimum atomic E-state index is -5.36. The molecule has 0 aliphatic carbocycles. The van der Waals surface area contributed by atoms with Crippen LogP contribution in [0.4, 0.5) is 4.79 Å². The molecule has 1 saturated heterocycles. The van der Waals surface area contributed by atoms with Gasteiger partial charge < -0.3 is 29.1 Å². The van der Waals surface area contributed by atoms with Gasteiger partial charge in [-0.25, -0.2) is 18.7 Å². The number of aromatic amines is 1. The molecule has 1 aliphatic heterocycles. The number of ether oxygens (including phenoxy) is 3. The van der Waals surface area contributed by atoms with Crippen LogP contribution in [0.3, 0.4) is 0 Å². The third-order valence-corrected chi connectivity index (χ3v) is 9.01. The summed E-state index contributed by atoms with van der Waals surface area (Å²) in [6, 6.07) is 21.1. The predicted octanol–water partition coefficient (Wildman–Crippen LogP) is 2.98. The first-order chi connectivity index (χ1) is 21.4. The van der Waals surface area contributed by atoms with Crippen LogP contribution in [0, 0.1) is 0 Å². The zero-order valence-electron chi connectivity index (χ0n) is 23.0. The Morgan fingerprint density at radius 2 is 1.60 bits per heavy atom. The molecular weight excluding hydrogens is 638 g/mol. The highest BCUT2D eigenvalue weighted by molar-refractivity contribution is 7.61. The molecule has 5 rings (SSSR count). The van der Waals surface area contributed by atoms with Crippen LogP contribution in [0.1, 0.15) is 11.8 Å². The molecule has 2 heterocycles. The first kappa shape index (κ1) is 32.4. The Labute approximate surface area is 253 Å². The van der Waals surface area contributed by atoms with Crippen molar-refractivity contribution in [3.05, 3.63) is 111 Å². The molecule has 1 fully saturated rings. The Morgan fingerprint density at radius 1 is 0.911 bits per heavy atom. The highest BCUT2D eigenvalue weighted by atomic mass is 31.3. The van der Waals surface area contributed by atoms with Gasteiger partial charge in [-0.3, -0.25) is 23.4 Å². The summed E-state index contributed by atoms with van der Waals surface area (Å²) in [6.07, 6.45) is -6.90. The van der Waals surface area contributed by atoms with E-state index in [4.69, 9.17) is 23.3 Å². The van der Waals surface area contributed by atoms with Gasteiger partial charge in [0.2, 0.25) is 0 Å². The van der Waals surface area contributed by atoms with Crippen LogP contribution in [0.15, 0.2) is 94.6 Å². The first-order valence-corrected chi connectivity index (χ1v) is 16.1. The van der Waals surface area contributed by atoms with E-state index in [1.54, 1.807) is 36.4 Å². The van der Waals surface area contributed by atoms with E-state index in [1.165, 1.54) is 12.1 Å². The van der Waals surface area contributed by atoms with Crippen LogP contribution in [0.2, 0.25) is 0 Å². The molecule has 3 unspecified atom stereocenters. The summed E-state index contributed by atoms with van der Waals surface area (Å²) in [5, 5.41) is 12.7. The molecule has 6 atom stereocenters. The summed E-state index contributed by atoms with van der Waals surface area (Å²) in [6.45, 7) is -1.42. The van der Waals surface area contributed by atoms with Crippen molar-refractivity contribution >= 4 is 32.6 Å². The zero-order valence-corrected chi connectivity index (χ0v) is 24.8. The minimum absolute atomic E-state index is 0.0905. The van der Waals surface area contributed by atoms with Crippen molar-refractivity contribution in [1.82, 2.24) is 9.55 Å². The first-order valence-electron chi connectivity index (χ1n) is 13.1. The van der Waals surface area contributed by atoms with Crippen LogP contribution in [0.25, 0.3) is 10.8 Å². The van der Waals surface area contributed by atoms with Gasteiger partial charge in [-0.2, -0.15) is 4.31 Å². The van der Waals surface area contributed by atoms with E-state index in [9.17, 15) is 38.4 Å². The summed E-state index contributed by atoms with van der Waals surface area (Å²) in [7, 11) is -10.5. The second kappa shape index (κ2) is 13.6. The van der Waals surface area contributed by atoms with Crippen molar-refractivity contribution < 1.29 is 56.4 Å². The lowest BCUT2D eigenvalue weighted by molar-refractivity contribution is -0.0557. The lowest BCUT2D eigenvalue weighted by Crippen LogP contribution is -2.40. The Morgan fingerprint density at radius 3 is 2.33 bits per heavy atom. The maximum absolute atomic E-state index is 12.6. The fourth-order valence-electron chi connectivity index (χ4n) is 4.41. The number of rotatable bonds is 11. The number of para-hydroxylation sites is 1. The van der Waals surface area contributed by atoms with E-state index in [2.05, 4.69) is 4.31 Å². The average Bonchev–Trinajstić information content (AvgIpc) is 3.29. The summed E-state index contributed by atoms with van der Waals surface area (Å²) in [5.74, 6) is 0.0905. The monoisotopic (exact) mass is 664 g/mol. The summed E-state index contributed by atoms with van der Waals surface area (Å²) < 4.78 is 55.8. The number of aliphatic hydroxyl groups excluding tert-OH is 1. The molecule has 16 nitrogen and oxygen atoms in total. The fraction of sp³-hybridized carbons (Fsp3) is 0.222. The molecule has 238 valence electrons. The van der Waals surface area contributed by atoms with E-state index in [0.717, 1.165) is 27.6 Å². The van der Waals surface area contributed by atoms with E-state index < -0.39 is 70.8 Å². The van der Waals surface area contributed by atoms with Crippen LogP contribution >= 0.6 is 15.6 Å². The van der Waals surface area contributed by atoms with Crippen LogP contribution < -0.4 is 16.0 Å². The molecule has 0 bridgehead atoms. The van der Waals surface area contributed by atoms with Gasteiger partial charge in [0.1, 0.15) is 18.0 Å². The number of hydrogen-bond acceptors (Lipinski definition) is 12. The molecule has 1 aromatic heterocycles. The number of fused-ring (bicyclic) bond motifs is 1. The average molecular weight is 664 g/mol. The van der Waals surface area contributed by atoms with Gasteiger partial charge in [0.05, 0.1) is 13.2 Å². The maximum Gasteiger partial charge on any atom is 0.514 e. The number of carbonyl (C=O) groups excluding carboxylic acids is 1. The second-order valence-electron chi connectivity index (χ2n) is 9.59. The number of hydrogen-bond donors (Lipinski definition) is 4. The van der Waals surface area contributed by atoms with Crippen LogP contribution in [0.5, 0.6) is 5.75 Å². The lowest BCUT2D eigenvalue weighted by Gasteiger charge is -2.21. The Balaban J connectivity index is 1.26. The number of aliphatic hydroxyl groups is 1. The van der Waals surface area contributed by atoms with Crippen molar-refractivity contribution in [2.24, 2.45) is 0 Å². The van der Waals surface area contributed by atoms with Crippen molar-refractivity contribution in [1.29, 1.82) is 0 Å². The smallest absolute Gasteiger partial charge is 0.425 e. The SMILES string of the molecule is O=C(Oc1ccccc1)OC1[C@@H](COP(=O)(O)OP(=O)(O)OCc2ccc3ccccc3c2)O[C@@H](n2ccc(=O)[nH]c2=O)[C@H]1O. The van der Waals surface area contributed by atoms with Crippen molar-refractivity contribution in [2.45, 2.75) is 31.1 Å². The topological polar surface area (TPSA) is 222 Å². The maximum atomic E-state index is 12.6. The van der Waals surface area contributed by atoms with Crippen molar-refractivity contribution in [2.75, 3.05) is 6.61 Å². The third-order valence-electron chi connectivity index (χ3n) is 6.43. The number of phosphoric ester groups is 2. The van der Waals surface area contributed by atoms with Gasteiger partial charge in [0, 0.05) is 12.3 Å². The number of H-pyrrole nitrogens is 1. The molecule has 0 radical (unpaired) electrons. The predicted molar refractivity (Wildman–Crippen MR) is 154 cm³/mol. The van der Waals surface area contributed by atoms with Crippen LogP contribution in [-0.2, 0) is 38.6 Å². The highest BCUT2D eigenvalue weighted by Gasteiger charge is 2.49. The molecule has 1 aliphatic rings. The van der Waals surface area contributed by atoms with E-state index in [0.29, 0.717) is 5.56 Å². The van der Waals surface area contributed by atoms with Gasteiger partial charge in [0.15, 0.2) is 12.3 Å². The molecular formula is C27H26N2O14P2. The number of nitrogens with zero attached hydrogens (tertiary/aromatic N) is 1. The number of benzene rings is 3. The van der Waals surface area contributed by atoms with Gasteiger partial charge in [-0.1, -0.05) is 54.6 Å². The van der Waals surface area contributed by atoms with E-state index in [1.807, 2.05) is 29.2 Å². The van der Waals surface area contributed by atoms with Gasteiger partial charge in [-0.15, -0.1) is 0 Å². The second-order valence-corrected chi connectivity index (χ2v) is 12.6. The summed E-state index contributed by atoms with van der Waals surface area (Å²) in [4.78, 5) is 58.5. The van der Waals surface area contributed by atoms with Crippen molar-refractivity contribution in [3.8, 4) is 5.75 Å². The molecule has 45 heavy (non-hydrogen) atoms. The Hall–Kier alpha value is -3.95. The Bertz CT molecular complexity index is 1880. The minimum Gasteiger partial charge on any atom is -0.425 e. The molecule has 18 heteroatoms. The summed E-state index contributed by atoms with van der Waals surface area (Å²) in [5.41, 5.74) is -1.25. The van der Waals surface area contributed by atoms with Crippen molar-refractivity contribution in [3.63, 3.8) is 0 Å². The lowest BCUT2D eigenvalue weighted by atomic mass is 10.1. The van der Waals surface area contributed by atoms with E-state index >= 15 is 0 Å². The van der Waals surface area contributed by atoms with Gasteiger partial charge in [-0.05, 0) is 34.5 Å². The highest BCUT2D eigenvalue weighted by Crippen LogP contribution is 2.61. The fourth-order valence-corrected chi connectivity index (χ4v) is 6.47. The third kappa shape index (κ3) is 8.41. The van der Waals surface area contributed by atoms with Gasteiger partial charge >= 0.3 is 27.5 Å². The molecule has 0 saturated carbocycles. The normalized spacial score (nSPS) is 22.4. The quantitative estimate of drug-likeness (QED) is 0.103. The number of nitrogens with one attached hydrogen (secondary N) is 1.